The number of nitrogens with one attached hydrogen (secondary N) is 2. The maximum Gasteiger partial charge on any atom is 0.251 e. The number of nitrogens with zero attached hydrogens (tertiary/aromatic N) is 1. The highest BCUT2D eigenvalue weighted by molar-refractivity contribution is 5.96. The number of carbonyl (C=O) groups is 2. The first-order chi connectivity index (χ1) is 10.2. The van der Waals surface area contributed by atoms with Gasteiger partial charge >= 0.3 is 0 Å². The highest BCUT2D eigenvalue weighted by Gasteiger charge is 2.08. The summed E-state index contributed by atoms with van der Waals surface area (Å²) >= 11 is 0. The van der Waals surface area contributed by atoms with Gasteiger partial charge in [-0.05, 0) is 30.7 Å². The Labute approximate surface area is 123 Å². The van der Waals surface area contributed by atoms with Gasteiger partial charge in [0.05, 0.1) is 0 Å². The first-order valence-corrected chi connectivity index (χ1v) is 6.70. The van der Waals surface area contributed by atoms with Gasteiger partial charge in [0.1, 0.15) is 0 Å². The maximum atomic E-state index is 12.0. The molecule has 1 aromatic heterocycles. The number of hydrogen-bond donors (Lipinski definition) is 2. The van der Waals surface area contributed by atoms with Gasteiger partial charge < -0.3 is 10.6 Å². The monoisotopic (exact) mass is 283 g/mol. The van der Waals surface area contributed by atoms with E-state index >= 15 is 0 Å². The summed E-state index contributed by atoms with van der Waals surface area (Å²) in [6.45, 7) is 2.18. The summed E-state index contributed by atoms with van der Waals surface area (Å²) in [6.07, 6.45) is 3.44. The van der Waals surface area contributed by atoms with E-state index in [9.17, 15) is 9.59 Å². The van der Waals surface area contributed by atoms with Crippen LogP contribution in [0.5, 0.6) is 0 Å². The van der Waals surface area contributed by atoms with Gasteiger partial charge in [-0.25, -0.2) is 0 Å². The second-order valence-electron chi connectivity index (χ2n) is 4.60. The van der Waals surface area contributed by atoms with Crippen LogP contribution < -0.4 is 10.6 Å². The fourth-order valence-electron chi connectivity index (χ4n) is 1.87. The van der Waals surface area contributed by atoms with Gasteiger partial charge in [0.2, 0.25) is 5.91 Å². The number of hydrogen-bond acceptors (Lipinski definition) is 3. The van der Waals surface area contributed by atoms with E-state index in [0.29, 0.717) is 17.8 Å². The predicted octanol–water partition coefficient (Wildman–Crippen LogP) is 2.15. The summed E-state index contributed by atoms with van der Waals surface area (Å²) in [6, 6.07) is 10.8. The SMILES string of the molecule is Cc1ccccc1C(=O)NCCC(=O)Nc1ccncc1. The van der Waals surface area contributed by atoms with Crippen molar-refractivity contribution in [2.45, 2.75) is 13.3 Å². The summed E-state index contributed by atoms with van der Waals surface area (Å²) in [7, 11) is 0. The molecule has 5 nitrogen and oxygen atoms in total. The first-order valence-electron chi connectivity index (χ1n) is 6.70. The third-order valence-electron chi connectivity index (χ3n) is 2.99. The normalized spacial score (nSPS) is 9.95. The molecule has 2 aromatic rings. The molecule has 0 fully saturated rings. The van der Waals surface area contributed by atoms with Crippen molar-refractivity contribution in [2.75, 3.05) is 11.9 Å². The van der Waals surface area contributed by atoms with Crippen molar-refractivity contribution in [1.82, 2.24) is 10.3 Å². The lowest BCUT2D eigenvalue weighted by atomic mass is 10.1. The van der Waals surface area contributed by atoms with Crippen molar-refractivity contribution < 1.29 is 9.59 Å². The quantitative estimate of drug-likeness (QED) is 0.883. The molecule has 0 saturated carbocycles. The molecule has 0 saturated heterocycles. The van der Waals surface area contributed by atoms with Gasteiger partial charge in [-0.15, -0.1) is 0 Å². The third-order valence-corrected chi connectivity index (χ3v) is 2.99. The van der Waals surface area contributed by atoms with Crippen LogP contribution >= 0.6 is 0 Å². The second kappa shape index (κ2) is 7.19. The number of rotatable bonds is 5. The number of carbonyl (C=O) groups excluding carboxylic acids is 2. The van der Waals surface area contributed by atoms with Crippen LogP contribution in [0.1, 0.15) is 22.3 Å². The van der Waals surface area contributed by atoms with E-state index in [0.717, 1.165) is 5.56 Å². The lowest BCUT2D eigenvalue weighted by Crippen LogP contribution is -2.28. The zero-order valence-corrected chi connectivity index (χ0v) is 11.8. The second-order valence-corrected chi connectivity index (χ2v) is 4.60. The fraction of sp³-hybridized carbons (Fsp3) is 0.188. The van der Waals surface area contributed by atoms with Crippen molar-refractivity contribution in [3.05, 3.63) is 59.9 Å². The van der Waals surface area contributed by atoms with Gasteiger partial charge in [-0.2, -0.15) is 0 Å². The van der Waals surface area contributed by atoms with Gasteiger partial charge in [-0.3, -0.25) is 14.6 Å². The Balaban J connectivity index is 1.78. The molecule has 2 rings (SSSR count). The van der Waals surface area contributed by atoms with Crippen LogP contribution in [0.15, 0.2) is 48.8 Å². The number of pyridine rings is 1. The van der Waals surface area contributed by atoms with Crippen LogP contribution in [0, 0.1) is 6.92 Å². The number of anilines is 1. The molecule has 2 N–H and O–H groups in total. The van der Waals surface area contributed by atoms with Crippen LogP contribution in [0.25, 0.3) is 0 Å². The zero-order valence-electron chi connectivity index (χ0n) is 11.8. The number of aryl methyl sites for hydroxylation is 1. The largest absolute Gasteiger partial charge is 0.352 e. The molecule has 0 bridgehead atoms. The standard InChI is InChI=1S/C16H17N3O2/c1-12-4-2-3-5-14(12)16(21)18-11-8-15(20)19-13-6-9-17-10-7-13/h2-7,9-10H,8,11H2,1H3,(H,18,21)(H,17,19,20). The molecule has 1 aromatic carbocycles. The van der Waals surface area contributed by atoms with Crippen LogP contribution in [0.2, 0.25) is 0 Å². The molecular weight excluding hydrogens is 266 g/mol. The number of aromatic nitrogens is 1. The maximum absolute atomic E-state index is 12.0. The van der Waals surface area contributed by atoms with E-state index in [4.69, 9.17) is 0 Å². The van der Waals surface area contributed by atoms with E-state index in [2.05, 4.69) is 15.6 Å². The summed E-state index contributed by atoms with van der Waals surface area (Å²) in [4.78, 5) is 27.5. The number of amides is 2. The van der Waals surface area contributed by atoms with Crippen molar-refractivity contribution in [3.8, 4) is 0 Å². The van der Waals surface area contributed by atoms with Crippen LogP contribution in [-0.4, -0.2) is 23.3 Å². The minimum absolute atomic E-state index is 0.147. The highest BCUT2D eigenvalue weighted by atomic mass is 16.2. The van der Waals surface area contributed by atoms with Gasteiger partial charge in [-0.1, -0.05) is 18.2 Å². The van der Waals surface area contributed by atoms with Crippen LogP contribution in [0.4, 0.5) is 5.69 Å². The lowest BCUT2D eigenvalue weighted by Gasteiger charge is -2.08. The minimum atomic E-state index is -0.162. The topological polar surface area (TPSA) is 71.1 Å². The molecule has 2 amide bonds. The summed E-state index contributed by atoms with van der Waals surface area (Å²) in [5, 5.41) is 5.48. The Morgan fingerprint density at radius 1 is 1.10 bits per heavy atom. The van der Waals surface area contributed by atoms with Gasteiger partial charge in [0.25, 0.3) is 5.91 Å². The molecule has 1 heterocycles. The van der Waals surface area contributed by atoms with E-state index in [1.807, 2.05) is 25.1 Å². The van der Waals surface area contributed by atoms with Crippen LogP contribution in [0.3, 0.4) is 0 Å². The molecule has 21 heavy (non-hydrogen) atoms. The van der Waals surface area contributed by atoms with Gasteiger partial charge in [0, 0.05) is 36.6 Å². The summed E-state index contributed by atoms with van der Waals surface area (Å²) in [5.74, 6) is -0.309. The predicted molar refractivity (Wildman–Crippen MR) is 81.0 cm³/mol. The molecule has 0 unspecified atom stereocenters. The Bertz CT molecular complexity index is 626. The first kappa shape index (κ1) is 14.7. The molecular formula is C16H17N3O2. The van der Waals surface area contributed by atoms with Crippen molar-refractivity contribution >= 4 is 17.5 Å². The summed E-state index contributed by atoms with van der Waals surface area (Å²) in [5.41, 5.74) is 2.24. The lowest BCUT2D eigenvalue weighted by molar-refractivity contribution is -0.116. The molecule has 0 radical (unpaired) electrons. The smallest absolute Gasteiger partial charge is 0.251 e. The molecule has 0 aliphatic heterocycles. The average molecular weight is 283 g/mol. The van der Waals surface area contributed by atoms with Crippen molar-refractivity contribution in [2.24, 2.45) is 0 Å². The third kappa shape index (κ3) is 4.42. The molecule has 108 valence electrons. The van der Waals surface area contributed by atoms with Crippen molar-refractivity contribution in [3.63, 3.8) is 0 Å². The molecule has 0 aliphatic carbocycles. The Morgan fingerprint density at radius 3 is 2.52 bits per heavy atom. The highest BCUT2D eigenvalue weighted by Crippen LogP contribution is 2.06. The Hall–Kier alpha value is -2.69. The van der Waals surface area contributed by atoms with E-state index in [1.54, 1.807) is 30.6 Å². The van der Waals surface area contributed by atoms with Crippen molar-refractivity contribution in [1.29, 1.82) is 0 Å². The van der Waals surface area contributed by atoms with E-state index in [-0.39, 0.29) is 18.2 Å². The molecule has 0 atom stereocenters. The fourth-order valence-corrected chi connectivity index (χ4v) is 1.87. The molecule has 0 spiro atoms. The van der Waals surface area contributed by atoms with Gasteiger partial charge in [0.15, 0.2) is 0 Å². The Kier molecular flexibility index (Phi) is 5.04. The molecule has 5 heteroatoms. The Morgan fingerprint density at radius 2 is 1.81 bits per heavy atom. The van der Waals surface area contributed by atoms with E-state index in [1.165, 1.54) is 0 Å². The van der Waals surface area contributed by atoms with Crippen LogP contribution in [-0.2, 0) is 4.79 Å². The zero-order chi connectivity index (χ0) is 15.1. The minimum Gasteiger partial charge on any atom is -0.352 e. The molecule has 0 aliphatic rings. The number of benzene rings is 1. The van der Waals surface area contributed by atoms with E-state index < -0.39 is 0 Å². The average Bonchev–Trinajstić information content (AvgIpc) is 2.48. The summed E-state index contributed by atoms with van der Waals surface area (Å²) < 4.78 is 0.